The summed E-state index contributed by atoms with van der Waals surface area (Å²) >= 11 is 0. The van der Waals surface area contributed by atoms with Gasteiger partial charge in [-0.3, -0.25) is 4.79 Å². The van der Waals surface area contributed by atoms with Gasteiger partial charge in [-0.1, -0.05) is 0 Å². The third kappa shape index (κ3) is 3.24. The Hall–Kier alpha value is -3.15. The number of rotatable bonds is 6. The first-order chi connectivity index (χ1) is 12.2. The maximum Gasteiger partial charge on any atom is 0.231 e. The van der Waals surface area contributed by atoms with E-state index in [2.05, 4.69) is 0 Å². The van der Waals surface area contributed by atoms with Gasteiger partial charge in [-0.15, -0.1) is 0 Å². The van der Waals surface area contributed by atoms with Crippen molar-refractivity contribution in [1.29, 1.82) is 0 Å². The first-order valence-electron chi connectivity index (χ1n) is 7.59. The molecule has 1 aliphatic rings. The molecule has 0 aromatic heterocycles. The van der Waals surface area contributed by atoms with Crippen LogP contribution in [0.3, 0.4) is 0 Å². The molecular weight excluding hydrogens is 324 g/mol. The van der Waals surface area contributed by atoms with Crippen molar-refractivity contribution >= 4 is 11.9 Å². The van der Waals surface area contributed by atoms with Crippen LogP contribution in [-0.4, -0.2) is 33.9 Å². The number of fused-ring (bicyclic) bond motifs is 1. The van der Waals surface area contributed by atoms with Gasteiger partial charge < -0.3 is 23.7 Å². The Kier molecular flexibility index (Phi) is 4.79. The van der Waals surface area contributed by atoms with Crippen LogP contribution in [0.15, 0.2) is 36.4 Å². The minimum Gasteiger partial charge on any atom is -0.493 e. The smallest absolute Gasteiger partial charge is 0.231 e. The van der Waals surface area contributed by atoms with Gasteiger partial charge >= 0.3 is 0 Å². The van der Waals surface area contributed by atoms with Crippen molar-refractivity contribution in [2.75, 3.05) is 28.1 Å². The third-order valence-corrected chi connectivity index (χ3v) is 3.81. The first kappa shape index (κ1) is 16.7. The molecule has 0 bridgehead atoms. The lowest BCUT2D eigenvalue weighted by molar-refractivity contribution is 0.104. The summed E-state index contributed by atoms with van der Waals surface area (Å²) in [6.07, 6.45) is 3.15. The van der Waals surface area contributed by atoms with E-state index in [0.717, 1.165) is 0 Å². The Morgan fingerprint density at radius 2 is 1.72 bits per heavy atom. The number of ketones is 1. The minimum absolute atomic E-state index is 0.157. The van der Waals surface area contributed by atoms with Gasteiger partial charge in [-0.05, 0) is 42.5 Å². The van der Waals surface area contributed by atoms with Crippen molar-refractivity contribution in [1.82, 2.24) is 0 Å². The highest BCUT2D eigenvalue weighted by atomic mass is 16.7. The second kappa shape index (κ2) is 7.17. The SMILES string of the molecule is COc1ccc(/C=C/C(=O)c2ccc3c(c2)OCO3)c(OC)c1OC. The zero-order valence-corrected chi connectivity index (χ0v) is 14.2. The molecule has 0 N–H and O–H groups in total. The van der Waals surface area contributed by atoms with E-state index >= 15 is 0 Å². The Morgan fingerprint density at radius 1 is 0.960 bits per heavy atom. The van der Waals surface area contributed by atoms with Crippen LogP contribution in [0, 0.1) is 0 Å². The van der Waals surface area contributed by atoms with E-state index in [1.165, 1.54) is 20.3 Å². The topological polar surface area (TPSA) is 63.2 Å². The van der Waals surface area contributed by atoms with Crippen LogP contribution in [0.25, 0.3) is 6.08 Å². The molecule has 0 fully saturated rings. The largest absolute Gasteiger partial charge is 0.493 e. The van der Waals surface area contributed by atoms with Crippen molar-refractivity contribution in [2.24, 2.45) is 0 Å². The summed E-state index contributed by atoms with van der Waals surface area (Å²) in [6, 6.07) is 8.64. The van der Waals surface area contributed by atoms with Crippen molar-refractivity contribution in [3.05, 3.63) is 47.5 Å². The van der Waals surface area contributed by atoms with Gasteiger partial charge in [-0.2, -0.15) is 0 Å². The molecule has 1 aliphatic heterocycles. The van der Waals surface area contributed by atoms with Gasteiger partial charge in [0, 0.05) is 11.1 Å². The van der Waals surface area contributed by atoms with Crippen LogP contribution < -0.4 is 23.7 Å². The van der Waals surface area contributed by atoms with Gasteiger partial charge in [0.2, 0.25) is 12.5 Å². The Morgan fingerprint density at radius 3 is 2.44 bits per heavy atom. The predicted molar refractivity (Wildman–Crippen MR) is 92.0 cm³/mol. The second-order valence-electron chi connectivity index (χ2n) is 5.19. The molecule has 2 aromatic carbocycles. The zero-order chi connectivity index (χ0) is 17.8. The van der Waals surface area contributed by atoms with Gasteiger partial charge in [0.1, 0.15) is 0 Å². The van der Waals surface area contributed by atoms with Crippen LogP contribution in [0.5, 0.6) is 28.7 Å². The molecule has 0 radical (unpaired) electrons. The number of carbonyl (C=O) groups is 1. The third-order valence-electron chi connectivity index (χ3n) is 3.81. The Bertz CT molecular complexity index is 825. The molecule has 0 unspecified atom stereocenters. The summed E-state index contributed by atoms with van der Waals surface area (Å²) in [5.74, 6) is 2.58. The van der Waals surface area contributed by atoms with Crippen LogP contribution in [0.4, 0.5) is 0 Å². The monoisotopic (exact) mass is 342 g/mol. The molecule has 6 nitrogen and oxygen atoms in total. The molecule has 1 heterocycles. The number of carbonyl (C=O) groups excluding carboxylic acids is 1. The molecule has 0 atom stereocenters. The summed E-state index contributed by atoms with van der Waals surface area (Å²) in [5.41, 5.74) is 1.22. The fraction of sp³-hybridized carbons (Fsp3) is 0.211. The molecule has 0 saturated heterocycles. The summed E-state index contributed by atoms with van der Waals surface area (Å²) in [4.78, 5) is 12.4. The highest BCUT2D eigenvalue weighted by Gasteiger charge is 2.16. The van der Waals surface area contributed by atoms with E-state index in [4.69, 9.17) is 23.7 Å². The Labute approximate surface area is 145 Å². The van der Waals surface area contributed by atoms with Gasteiger partial charge in [0.15, 0.2) is 28.8 Å². The molecule has 0 saturated carbocycles. The van der Waals surface area contributed by atoms with Crippen molar-refractivity contribution < 1.29 is 28.5 Å². The number of allylic oxidation sites excluding steroid dienone is 1. The van der Waals surface area contributed by atoms with Crippen molar-refractivity contribution in [3.63, 3.8) is 0 Å². The van der Waals surface area contributed by atoms with Gasteiger partial charge in [0.05, 0.1) is 21.3 Å². The summed E-state index contributed by atoms with van der Waals surface area (Å²) in [5, 5.41) is 0. The lowest BCUT2D eigenvalue weighted by Crippen LogP contribution is -1.97. The molecule has 130 valence electrons. The molecule has 0 amide bonds. The summed E-state index contributed by atoms with van der Waals surface area (Å²) < 4.78 is 26.5. The number of hydrogen-bond donors (Lipinski definition) is 0. The molecule has 0 spiro atoms. The van der Waals surface area contributed by atoms with Gasteiger partial charge in [0.25, 0.3) is 0 Å². The van der Waals surface area contributed by atoms with E-state index in [1.807, 2.05) is 0 Å². The standard InChI is InChI=1S/C19H18O6/c1-21-16-9-5-12(18(22-2)19(16)23-3)4-7-14(20)13-6-8-15-17(10-13)25-11-24-15/h4-10H,11H2,1-3H3/b7-4+. The number of hydrogen-bond acceptors (Lipinski definition) is 6. The molecule has 0 aliphatic carbocycles. The molecule has 2 aromatic rings. The predicted octanol–water partition coefficient (Wildman–Crippen LogP) is 3.34. The van der Waals surface area contributed by atoms with Crippen LogP contribution in [-0.2, 0) is 0 Å². The second-order valence-corrected chi connectivity index (χ2v) is 5.19. The summed E-state index contributed by atoms with van der Waals surface area (Å²) in [7, 11) is 4.62. The molecule has 6 heteroatoms. The van der Waals surface area contributed by atoms with Crippen LogP contribution in [0.1, 0.15) is 15.9 Å². The lowest BCUT2D eigenvalue weighted by Gasteiger charge is -2.13. The fourth-order valence-corrected chi connectivity index (χ4v) is 2.57. The van der Waals surface area contributed by atoms with E-state index in [0.29, 0.717) is 39.9 Å². The van der Waals surface area contributed by atoms with E-state index in [9.17, 15) is 4.79 Å². The summed E-state index contributed by atoms with van der Waals surface area (Å²) in [6.45, 7) is 0.172. The first-order valence-corrected chi connectivity index (χ1v) is 7.59. The number of benzene rings is 2. The maximum atomic E-state index is 12.4. The zero-order valence-electron chi connectivity index (χ0n) is 14.2. The van der Waals surface area contributed by atoms with E-state index < -0.39 is 0 Å². The normalized spacial score (nSPS) is 12.3. The van der Waals surface area contributed by atoms with E-state index in [1.54, 1.807) is 43.5 Å². The highest BCUT2D eigenvalue weighted by molar-refractivity contribution is 6.07. The average molecular weight is 342 g/mol. The Balaban J connectivity index is 1.87. The molecular formula is C19H18O6. The van der Waals surface area contributed by atoms with E-state index in [-0.39, 0.29) is 12.6 Å². The van der Waals surface area contributed by atoms with Crippen molar-refractivity contribution in [2.45, 2.75) is 0 Å². The molecule has 3 rings (SSSR count). The van der Waals surface area contributed by atoms with Crippen LogP contribution in [0.2, 0.25) is 0 Å². The number of ether oxygens (including phenoxy) is 5. The number of methoxy groups -OCH3 is 3. The quantitative estimate of drug-likeness (QED) is 0.593. The van der Waals surface area contributed by atoms with Crippen molar-refractivity contribution in [3.8, 4) is 28.7 Å². The lowest BCUT2D eigenvalue weighted by atomic mass is 10.1. The maximum absolute atomic E-state index is 12.4. The average Bonchev–Trinajstić information content (AvgIpc) is 3.12. The fourth-order valence-electron chi connectivity index (χ4n) is 2.57. The van der Waals surface area contributed by atoms with Crippen LogP contribution >= 0.6 is 0 Å². The highest BCUT2D eigenvalue weighted by Crippen LogP contribution is 2.40. The minimum atomic E-state index is -0.157. The van der Waals surface area contributed by atoms with Gasteiger partial charge in [-0.25, -0.2) is 0 Å². The molecule has 25 heavy (non-hydrogen) atoms.